The van der Waals surface area contributed by atoms with Gasteiger partial charge in [-0.05, 0) is 25.0 Å². The highest BCUT2D eigenvalue weighted by atomic mass is 14.6. The van der Waals surface area contributed by atoms with E-state index >= 15 is 0 Å². The SMILES string of the molecule is C=C1CC(C)=C(/C=C\C=NC)C1C. The lowest BCUT2D eigenvalue weighted by atomic mass is 10.00. The highest BCUT2D eigenvalue weighted by molar-refractivity contribution is 5.72. The van der Waals surface area contributed by atoms with E-state index in [0.717, 1.165) is 6.42 Å². The molecule has 0 aromatic rings. The maximum atomic E-state index is 4.05. The Hall–Kier alpha value is -1.11. The van der Waals surface area contributed by atoms with Crippen molar-refractivity contribution in [3.05, 3.63) is 35.5 Å². The molecule has 1 aliphatic rings. The molecule has 0 radical (unpaired) electrons. The van der Waals surface area contributed by atoms with E-state index in [1.807, 2.05) is 12.3 Å². The zero-order valence-electron chi connectivity index (χ0n) is 8.67. The van der Waals surface area contributed by atoms with E-state index in [2.05, 4.69) is 31.5 Å². The molecule has 1 atom stereocenters. The topological polar surface area (TPSA) is 12.4 Å². The van der Waals surface area contributed by atoms with Gasteiger partial charge < -0.3 is 0 Å². The molecule has 0 aromatic carbocycles. The van der Waals surface area contributed by atoms with E-state index in [0.29, 0.717) is 5.92 Å². The van der Waals surface area contributed by atoms with Crippen LogP contribution in [0, 0.1) is 5.92 Å². The van der Waals surface area contributed by atoms with Crippen molar-refractivity contribution in [2.75, 3.05) is 7.05 Å². The molecule has 0 amide bonds. The average Bonchev–Trinajstić information content (AvgIpc) is 2.32. The molecule has 0 spiro atoms. The van der Waals surface area contributed by atoms with Gasteiger partial charge in [0, 0.05) is 19.2 Å². The van der Waals surface area contributed by atoms with E-state index < -0.39 is 0 Å². The molecule has 1 unspecified atom stereocenters. The number of rotatable bonds is 2. The second kappa shape index (κ2) is 4.22. The molecule has 1 rings (SSSR count). The fraction of sp³-hybridized carbons (Fsp3) is 0.417. The Bertz CT molecular complexity index is 292. The summed E-state index contributed by atoms with van der Waals surface area (Å²) in [5.74, 6) is 0.515. The number of allylic oxidation sites excluding steroid dienone is 5. The monoisotopic (exact) mass is 175 g/mol. The number of aliphatic imine (C=N–C) groups is 1. The molecule has 70 valence electrons. The molecule has 0 aromatic heterocycles. The highest BCUT2D eigenvalue weighted by Gasteiger charge is 2.19. The Kier molecular flexibility index (Phi) is 3.24. The van der Waals surface area contributed by atoms with E-state index in [1.54, 1.807) is 7.05 Å². The van der Waals surface area contributed by atoms with Gasteiger partial charge in [0.25, 0.3) is 0 Å². The zero-order valence-corrected chi connectivity index (χ0v) is 8.67. The fourth-order valence-corrected chi connectivity index (χ4v) is 1.70. The van der Waals surface area contributed by atoms with Crippen LogP contribution in [0.1, 0.15) is 20.3 Å². The van der Waals surface area contributed by atoms with Crippen molar-refractivity contribution >= 4 is 6.21 Å². The molecule has 0 saturated heterocycles. The molecule has 1 nitrogen and oxygen atoms in total. The van der Waals surface area contributed by atoms with Gasteiger partial charge in [0.15, 0.2) is 0 Å². The number of nitrogens with zero attached hydrogens (tertiary/aromatic N) is 1. The van der Waals surface area contributed by atoms with Gasteiger partial charge in [0.2, 0.25) is 0 Å². The summed E-state index contributed by atoms with van der Waals surface area (Å²) in [6, 6.07) is 0. The van der Waals surface area contributed by atoms with Crippen molar-refractivity contribution in [2.45, 2.75) is 20.3 Å². The predicted octanol–water partition coefficient (Wildman–Crippen LogP) is 3.16. The molecule has 0 fully saturated rings. The first-order valence-corrected chi connectivity index (χ1v) is 4.63. The first kappa shape index (κ1) is 9.97. The van der Waals surface area contributed by atoms with E-state index in [1.165, 1.54) is 16.7 Å². The summed E-state index contributed by atoms with van der Waals surface area (Å²) in [4.78, 5) is 3.91. The van der Waals surface area contributed by atoms with Crippen LogP contribution in [0.4, 0.5) is 0 Å². The van der Waals surface area contributed by atoms with Crippen molar-refractivity contribution in [3.8, 4) is 0 Å². The van der Waals surface area contributed by atoms with Crippen molar-refractivity contribution in [2.24, 2.45) is 10.9 Å². The van der Waals surface area contributed by atoms with Gasteiger partial charge in [-0.3, -0.25) is 4.99 Å². The highest BCUT2D eigenvalue weighted by Crippen LogP contribution is 2.35. The molecule has 1 aliphatic carbocycles. The van der Waals surface area contributed by atoms with Gasteiger partial charge in [0.05, 0.1) is 0 Å². The third-order valence-corrected chi connectivity index (χ3v) is 2.57. The van der Waals surface area contributed by atoms with Gasteiger partial charge in [0.1, 0.15) is 0 Å². The van der Waals surface area contributed by atoms with Crippen LogP contribution in [0.25, 0.3) is 0 Å². The summed E-state index contributed by atoms with van der Waals surface area (Å²) < 4.78 is 0. The van der Waals surface area contributed by atoms with Crippen LogP contribution in [0.15, 0.2) is 40.4 Å². The summed E-state index contributed by atoms with van der Waals surface area (Å²) >= 11 is 0. The van der Waals surface area contributed by atoms with E-state index in [-0.39, 0.29) is 0 Å². The van der Waals surface area contributed by atoms with E-state index in [4.69, 9.17) is 0 Å². The van der Waals surface area contributed by atoms with Crippen molar-refractivity contribution in [1.29, 1.82) is 0 Å². The summed E-state index contributed by atoms with van der Waals surface area (Å²) in [6.07, 6.45) is 7.01. The zero-order chi connectivity index (χ0) is 9.84. The van der Waals surface area contributed by atoms with Crippen molar-refractivity contribution in [1.82, 2.24) is 0 Å². The van der Waals surface area contributed by atoms with Crippen LogP contribution in [0.3, 0.4) is 0 Å². The summed E-state index contributed by atoms with van der Waals surface area (Å²) in [5, 5.41) is 0. The second-order valence-electron chi connectivity index (χ2n) is 3.56. The summed E-state index contributed by atoms with van der Waals surface area (Å²) in [6.45, 7) is 8.44. The Morgan fingerprint density at radius 3 is 2.69 bits per heavy atom. The Balaban J connectivity index is 2.79. The molecule has 0 aliphatic heterocycles. The summed E-state index contributed by atoms with van der Waals surface area (Å²) in [5.41, 5.74) is 4.17. The fourth-order valence-electron chi connectivity index (χ4n) is 1.70. The molecular formula is C12H17N. The van der Waals surface area contributed by atoms with Gasteiger partial charge in [-0.15, -0.1) is 0 Å². The maximum absolute atomic E-state index is 4.05. The van der Waals surface area contributed by atoms with Gasteiger partial charge >= 0.3 is 0 Å². The molecule has 13 heavy (non-hydrogen) atoms. The lowest BCUT2D eigenvalue weighted by Crippen LogP contribution is -1.92. The molecule has 0 heterocycles. The average molecular weight is 175 g/mol. The normalized spacial score (nSPS) is 24.2. The molecule has 0 bridgehead atoms. The second-order valence-corrected chi connectivity index (χ2v) is 3.56. The Morgan fingerprint density at radius 2 is 2.23 bits per heavy atom. The molecular weight excluding hydrogens is 158 g/mol. The maximum Gasteiger partial charge on any atom is 0.0277 e. The smallest absolute Gasteiger partial charge is 0.0277 e. The number of hydrogen-bond donors (Lipinski definition) is 0. The minimum atomic E-state index is 0.515. The van der Waals surface area contributed by atoms with Crippen molar-refractivity contribution in [3.63, 3.8) is 0 Å². The largest absolute Gasteiger partial charge is 0.297 e. The van der Waals surface area contributed by atoms with Crippen LogP contribution in [0.2, 0.25) is 0 Å². The minimum Gasteiger partial charge on any atom is -0.297 e. The van der Waals surface area contributed by atoms with E-state index in [9.17, 15) is 0 Å². The lowest BCUT2D eigenvalue weighted by molar-refractivity contribution is 0.851. The Morgan fingerprint density at radius 1 is 1.54 bits per heavy atom. The van der Waals surface area contributed by atoms with Crippen LogP contribution >= 0.6 is 0 Å². The van der Waals surface area contributed by atoms with Crippen LogP contribution in [0.5, 0.6) is 0 Å². The van der Waals surface area contributed by atoms with Crippen molar-refractivity contribution < 1.29 is 0 Å². The minimum absolute atomic E-state index is 0.515. The van der Waals surface area contributed by atoms with Crippen LogP contribution in [-0.2, 0) is 0 Å². The quantitative estimate of drug-likeness (QED) is 0.451. The van der Waals surface area contributed by atoms with Gasteiger partial charge in [-0.25, -0.2) is 0 Å². The Labute approximate surface area is 80.6 Å². The molecule has 0 saturated carbocycles. The molecule has 1 heteroatoms. The first-order chi connectivity index (χ1) is 6.16. The molecule has 0 N–H and O–H groups in total. The van der Waals surface area contributed by atoms with Gasteiger partial charge in [-0.1, -0.05) is 30.7 Å². The third kappa shape index (κ3) is 2.18. The third-order valence-electron chi connectivity index (χ3n) is 2.57. The predicted molar refractivity (Wildman–Crippen MR) is 59.2 cm³/mol. The van der Waals surface area contributed by atoms with Crippen LogP contribution < -0.4 is 0 Å². The first-order valence-electron chi connectivity index (χ1n) is 4.63. The lowest BCUT2D eigenvalue weighted by Gasteiger charge is -2.05. The number of hydrogen-bond acceptors (Lipinski definition) is 1. The van der Waals surface area contributed by atoms with Crippen LogP contribution in [-0.4, -0.2) is 13.3 Å². The van der Waals surface area contributed by atoms with Gasteiger partial charge in [-0.2, -0.15) is 0 Å². The summed E-state index contributed by atoms with van der Waals surface area (Å²) in [7, 11) is 1.78. The standard InChI is InChI=1S/C12H17N/c1-9-8-10(2)12(11(9)3)6-5-7-13-4/h5-7,11H,1,8H2,2-4H3/b6-5-,13-7?.